The number of nitrogens with one attached hydrogen (secondary N) is 1. The molecule has 0 heterocycles. The molecule has 112 valence electrons. The van der Waals surface area contributed by atoms with Gasteiger partial charge < -0.3 is 20.4 Å². The van der Waals surface area contributed by atoms with Crippen LogP contribution in [0.5, 0.6) is 0 Å². The van der Waals surface area contributed by atoms with Crippen molar-refractivity contribution in [3.63, 3.8) is 0 Å². The third kappa shape index (κ3) is 5.12. The molecular formula is C14H17N3O4. The maximum absolute atomic E-state index is 11.9. The Bertz CT molecular complexity index is 553. The number of carbonyl (C=O) groups excluding carboxylic acids is 1. The zero-order valence-corrected chi connectivity index (χ0v) is 11.6. The number of aliphatic hydroxyl groups is 1. The lowest BCUT2D eigenvalue weighted by molar-refractivity contribution is -0.139. The van der Waals surface area contributed by atoms with Gasteiger partial charge in [-0.1, -0.05) is 12.1 Å². The van der Waals surface area contributed by atoms with E-state index in [9.17, 15) is 9.59 Å². The van der Waals surface area contributed by atoms with Gasteiger partial charge in [0.05, 0.1) is 11.6 Å². The number of aliphatic hydroxyl groups excluding tert-OH is 1. The van der Waals surface area contributed by atoms with Gasteiger partial charge in [0.1, 0.15) is 6.04 Å². The zero-order chi connectivity index (χ0) is 15.8. The third-order valence-corrected chi connectivity index (χ3v) is 2.84. The van der Waals surface area contributed by atoms with Crippen LogP contribution < -0.4 is 5.32 Å². The predicted molar refractivity (Wildman–Crippen MR) is 74.3 cm³/mol. The van der Waals surface area contributed by atoms with Gasteiger partial charge in [0.15, 0.2) is 0 Å². The lowest BCUT2D eigenvalue weighted by atomic mass is 10.1. The second-order valence-corrected chi connectivity index (χ2v) is 4.52. The van der Waals surface area contributed by atoms with E-state index in [1.807, 2.05) is 6.07 Å². The number of aliphatic carboxylic acids is 1. The number of hydrogen-bond donors (Lipinski definition) is 3. The molecule has 0 aromatic heterocycles. The fraction of sp³-hybridized carbons (Fsp3) is 0.357. The summed E-state index contributed by atoms with van der Waals surface area (Å²) in [5, 5.41) is 28.8. The van der Waals surface area contributed by atoms with E-state index in [2.05, 4.69) is 5.32 Å². The van der Waals surface area contributed by atoms with E-state index < -0.39 is 18.0 Å². The van der Waals surface area contributed by atoms with E-state index >= 15 is 0 Å². The Morgan fingerprint density at radius 2 is 2.19 bits per heavy atom. The van der Waals surface area contributed by atoms with Crippen LogP contribution in [0.1, 0.15) is 17.5 Å². The van der Waals surface area contributed by atoms with Gasteiger partial charge in [-0.3, -0.25) is 0 Å². The lowest BCUT2D eigenvalue weighted by Gasteiger charge is -2.21. The second kappa shape index (κ2) is 7.87. The van der Waals surface area contributed by atoms with Crippen molar-refractivity contribution in [1.29, 1.82) is 5.26 Å². The van der Waals surface area contributed by atoms with E-state index in [1.54, 1.807) is 24.3 Å². The summed E-state index contributed by atoms with van der Waals surface area (Å²) in [6.07, 6.45) is -0.0567. The number of benzene rings is 1. The summed E-state index contributed by atoms with van der Waals surface area (Å²) in [6, 6.07) is 7.12. The van der Waals surface area contributed by atoms with E-state index in [0.29, 0.717) is 5.56 Å². The Labute approximate surface area is 122 Å². The summed E-state index contributed by atoms with van der Waals surface area (Å²) in [6.45, 7) is -0.0853. The van der Waals surface area contributed by atoms with Gasteiger partial charge in [0.2, 0.25) is 0 Å². The zero-order valence-electron chi connectivity index (χ0n) is 11.6. The van der Waals surface area contributed by atoms with Crippen molar-refractivity contribution in [3.05, 3.63) is 35.4 Å². The van der Waals surface area contributed by atoms with Gasteiger partial charge in [-0.05, 0) is 17.7 Å². The van der Waals surface area contributed by atoms with Crippen LogP contribution in [0.2, 0.25) is 0 Å². The van der Waals surface area contributed by atoms with Crippen LogP contribution >= 0.6 is 0 Å². The van der Waals surface area contributed by atoms with E-state index in [-0.39, 0.29) is 19.6 Å². The average molecular weight is 291 g/mol. The van der Waals surface area contributed by atoms with Crippen LogP contribution in [-0.2, 0) is 11.3 Å². The highest BCUT2D eigenvalue weighted by atomic mass is 16.4. The predicted octanol–water partition coefficient (Wildman–Crippen LogP) is 0.535. The number of carbonyl (C=O) groups is 2. The number of hydrogen-bond acceptors (Lipinski definition) is 4. The van der Waals surface area contributed by atoms with Crippen LogP contribution in [0.3, 0.4) is 0 Å². The van der Waals surface area contributed by atoms with Crippen LogP contribution in [0.4, 0.5) is 4.79 Å². The first-order chi connectivity index (χ1) is 9.97. The molecule has 0 spiro atoms. The van der Waals surface area contributed by atoms with Gasteiger partial charge in [0, 0.05) is 26.6 Å². The minimum Gasteiger partial charge on any atom is -0.480 e. The Morgan fingerprint density at radius 1 is 1.48 bits per heavy atom. The standard InChI is InChI=1S/C14H17N3O4/c1-17(9-11-4-2-3-10(7-11)8-15)14(21)16-12(5-6-18)13(19)20/h2-4,7,12,18H,5-6,9H2,1H3,(H,16,21)(H,19,20). The van der Waals surface area contributed by atoms with Gasteiger partial charge in [-0.25, -0.2) is 9.59 Å². The molecule has 1 unspecified atom stereocenters. The molecule has 0 bridgehead atoms. The maximum Gasteiger partial charge on any atom is 0.326 e. The fourth-order valence-corrected chi connectivity index (χ4v) is 1.73. The molecule has 0 fully saturated rings. The number of carboxylic acids is 1. The number of nitrogens with zero attached hydrogens (tertiary/aromatic N) is 2. The average Bonchev–Trinajstić information content (AvgIpc) is 2.46. The van der Waals surface area contributed by atoms with E-state index in [0.717, 1.165) is 5.56 Å². The first-order valence-corrected chi connectivity index (χ1v) is 6.32. The molecule has 1 rings (SSSR count). The molecule has 1 atom stereocenters. The van der Waals surface area contributed by atoms with Crippen LogP contribution in [0.15, 0.2) is 24.3 Å². The van der Waals surface area contributed by atoms with Crippen molar-refractivity contribution >= 4 is 12.0 Å². The number of carboxylic acid groups (broad SMARTS) is 1. The molecule has 0 saturated carbocycles. The molecule has 0 aliphatic rings. The van der Waals surface area contributed by atoms with Crippen molar-refractivity contribution < 1.29 is 19.8 Å². The molecule has 1 aromatic carbocycles. The summed E-state index contributed by atoms with van der Waals surface area (Å²) in [5.74, 6) is -1.20. The molecule has 0 aliphatic carbocycles. The summed E-state index contributed by atoms with van der Waals surface area (Å²) in [7, 11) is 1.52. The van der Waals surface area contributed by atoms with Gasteiger partial charge in [-0.2, -0.15) is 5.26 Å². The van der Waals surface area contributed by atoms with Crippen molar-refractivity contribution in [1.82, 2.24) is 10.2 Å². The quantitative estimate of drug-likeness (QED) is 0.707. The molecular weight excluding hydrogens is 274 g/mol. The Kier molecular flexibility index (Phi) is 6.17. The SMILES string of the molecule is CN(Cc1cccc(C#N)c1)C(=O)NC(CCO)C(=O)O. The first kappa shape index (κ1) is 16.5. The number of rotatable bonds is 6. The monoisotopic (exact) mass is 291 g/mol. The molecule has 1 aromatic rings. The molecule has 7 nitrogen and oxygen atoms in total. The smallest absolute Gasteiger partial charge is 0.326 e. The number of nitriles is 1. The van der Waals surface area contributed by atoms with Crippen molar-refractivity contribution in [3.8, 4) is 6.07 Å². The van der Waals surface area contributed by atoms with Crippen molar-refractivity contribution in [2.75, 3.05) is 13.7 Å². The normalized spacial score (nSPS) is 11.3. The van der Waals surface area contributed by atoms with E-state index in [4.69, 9.17) is 15.5 Å². The second-order valence-electron chi connectivity index (χ2n) is 4.52. The van der Waals surface area contributed by atoms with E-state index in [1.165, 1.54) is 11.9 Å². The highest BCUT2D eigenvalue weighted by Gasteiger charge is 2.21. The molecule has 3 N–H and O–H groups in total. The highest BCUT2D eigenvalue weighted by molar-refractivity contribution is 5.82. The summed E-state index contributed by atoms with van der Waals surface area (Å²) in [4.78, 5) is 24.1. The van der Waals surface area contributed by atoms with Crippen LogP contribution in [0.25, 0.3) is 0 Å². The van der Waals surface area contributed by atoms with Crippen LogP contribution in [0, 0.1) is 11.3 Å². The lowest BCUT2D eigenvalue weighted by Crippen LogP contribution is -2.46. The number of urea groups is 1. The maximum atomic E-state index is 11.9. The first-order valence-electron chi connectivity index (χ1n) is 6.32. The Morgan fingerprint density at radius 3 is 2.76 bits per heavy atom. The molecule has 21 heavy (non-hydrogen) atoms. The Balaban J connectivity index is 2.65. The minimum atomic E-state index is -1.20. The molecule has 7 heteroatoms. The van der Waals surface area contributed by atoms with Crippen molar-refractivity contribution in [2.24, 2.45) is 0 Å². The molecule has 2 amide bonds. The minimum absolute atomic E-state index is 0.0567. The largest absolute Gasteiger partial charge is 0.480 e. The molecule has 0 saturated heterocycles. The van der Waals surface area contributed by atoms with Crippen molar-refractivity contribution in [2.45, 2.75) is 19.0 Å². The fourth-order valence-electron chi connectivity index (χ4n) is 1.73. The summed E-state index contributed by atoms with van der Waals surface area (Å²) < 4.78 is 0. The highest BCUT2D eigenvalue weighted by Crippen LogP contribution is 2.07. The molecule has 0 radical (unpaired) electrons. The van der Waals surface area contributed by atoms with Gasteiger partial charge in [0.25, 0.3) is 0 Å². The Hall–Kier alpha value is -2.59. The molecule has 0 aliphatic heterocycles. The van der Waals surface area contributed by atoms with Crippen LogP contribution in [-0.4, -0.2) is 46.8 Å². The van der Waals surface area contributed by atoms with Gasteiger partial charge in [-0.15, -0.1) is 0 Å². The van der Waals surface area contributed by atoms with Gasteiger partial charge >= 0.3 is 12.0 Å². The summed E-state index contributed by atoms with van der Waals surface area (Å²) >= 11 is 0. The number of amides is 2. The topological polar surface area (TPSA) is 114 Å². The third-order valence-electron chi connectivity index (χ3n) is 2.84. The summed E-state index contributed by atoms with van der Waals surface area (Å²) in [5.41, 5.74) is 1.26.